The van der Waals surface area contributed by atoms with Crippen LogP contribution in [-0.2, 0) is 14.3 Å². The Labute approximate surface area is 230 Å². The van der Waals surface area contributed by atoms with E-state index < -0.39 is 0 Å². The molecule has 0 spiro atoms. The molecular formula is C28H38ClN3O6. The Balaban J connectivity index is 0.00000400. The van der Waals surface area contributed by atoms with E-state index in [-0.39, 0.29) is 30.9 Å². The van der Waals surface area contributed by atoms with Gasteiger partial charge in [0.2, 0.25) is 0 Å². The van der Waals surface area contributed by atoms with Crippen molar-refractivity contribution in [3.05, 3.63) is 42.5 Å². The van der Waals surface area contributed by atoms with Crippen molar-refractivity contribution in [2.45, 2.75) is 32.6 Å². The van der Waals surface area contributed by atoms with E-state index in [9.17, 15) is 9.59 Å². The number of halogens is 1. The second-order valence-electron chi connectivity index (χ2n) is 9.10. The molecule has 1 fully saturated rings. The summed E-state index contributed by atoms with van der Waals surface area (Å²) in [6.45, 7) is 8.35. The van der Waals surface area contributed by atoms with Crippen molar-refractivity contribution < 1.29 is 28.5 Å². The lowest BCUT2D eigenvalue weighted by atomic mass is 10.2. The van der Waals surface area contributed by atoms with E-state index in [1.54, 1.807) is 0 Å². The van der Waals surface area contributed by atoms with Crippen LogP contribution in [0.5, 0.6) is 17.2 Å². The monoisotopic (exact) mass is 547 g/mol. The highest BCUT2D eigenvalue weighted by atomic mass is 35.5. The number of unbranched alkanes of at least 4 members (excludes halogenated alkanes) is 1. The number of anilines is 2. The summed E-state index contributed by atoms with van der Waals surface area (Å²) < 4.78 is 22.2. The first kappa shape index (κ1) is 29.4. The predicted octanol–water partition coefficient (Wildman–Crippen LogP) is 4.14. The fourth-order valence-electron chi connectivity index (χ4n) is 4.46. The Morgan fingerprint density at radius 2 is 1.79 bits per heavy atom. The Bertz CT molecular complexity index is 1040. The molecule has 0 aliphatic carbocycles. The largest absolute Gasteiger partial charge is 0.494 e. The lowest BCUT2D eigenvalue weighted by molar-refractivity contribution is -0.143. The van der Waals surface area contributed by atoms with Crippen molar-refractivity contribution in [3.8, 4) is 17.2 Å². The highest BCUT2D eigenvalue weighted by molar-refractivity contribution is 5.95. The fourth-order valence-corrected chi connectivity index (χ4v) is 4.46. The summed E-state index contributed by atoms with van der Waals surface area (Å²) in [6, 6.07) is 13.6. The number of esters is 1. The smallest absolute Gasteiger partial charge is 0.305 e. The summed E-state index contributed by atoms with van der Waals surface area (Å²) in [5.74, 6) is 1.96. The van der Waals surface area contributed by atoms with Crippen LogP contribution >= 0.6 is 12.4 Å². The highest BCUT2D eigenvalue weighted by Crippen LogP contribution is 2.32. The minimum atomic E-state index is -0.175. The molecule has 208 valence electrons. The lowest BCUT2D eigenvalue weighted by Crippen LogP contribution is -2.46. The quantitative estimate of drug-likeness (QED) is 0.296. The van der Waals surface area contributed by atoms with E-state index in [0.717, 1.165) is 62.8 Å². The number of ether oxygens (including phenoxy) is 4. The van der Waals surface area contributed by atoms with Gasteiger partial charge in [-0.05, 0) is 57.0 Å². The van der Waals surface area contributed by atoms with Crippen molar-refractivity contribution in [1.29, 1.82) is 0 Å². The first-order chi connectivity index (χ1) is 18.1. The molecule has 0 radical (unpaired) electrons. The first-order valence-electron chi connectivity index (χ1n) is 13.2. The molecule has 2 aliphatic heterocycles. The zero-order valence-corrected chi connectivity index (χ0v) is 22.8. The molecule has 0 saturated carbocycles. The van der Waals surface area contributed by atoms with Crippen LogP contribution in [0, 0.1) is 0 Å². The van der Waals surface area contributed by atoms with Gasteiger partial charge in [-0.15, -0.1) is 12.4 Å². The topological polar surface area (TPSA) is 89.6 Å². The number of hydrogen-bond acceptors (Lipinski definition) is 8. The van der Waals surface area contributed by atoms with E-state index in [2.05, 4.69) is 21.2 Å². The Morgan fingerprint density at radius 3 is 2.61 bits per heavy atom. The zero-order valence-electron chi connectivity index (χ0n) is 22.0. The summed E-state index contributed by atoms with van der Waals surface area (Å²) >= 11 is 0. The molecule has 4 rings (SSSR count). The number of hydrogen-bond donors (Lipinski definition) is 1. The van der Waals surface area contributed by atoms with Gasteiger partial charge in [-0.3, -0.25) is 14.5 Å². The molecule has 1 saturated heterocycles. The van der Waals surface area contributed by atoms with Crippen LogP contribution in [-0.4, -0.2) is 75.9 Å². The molecule has 0 aromatic heterocycles. The van der Waals surface area contributed by atoms with E-state index in [1.807, 2.05) is 43.3 Å². The number of fused-ring (bicyclic) bond motifs is 1. The first-order valence-corrected chi connectivity index (χ1v) is 13.2. The number of amides is 1. The minimum absolute atomic E-state index is 0. The number of nitrogens with one attached hydrogen (secondary N) is 1. The van der Waals surface area contributed by atoms with E-state index in [0.29, 0.717) is 44.1 Å². The number of carbonyl (C=O) groups excluding carboxylic acids is 2. The highest BCUT2D eigenvalue weighted by Gasteiger charge is 2.20. The van der Waals surface area contributed by atoms with Gasteiger partial charge in [0.05, 0.1) is 31.2 Å². The molecule has 38 heavy (non-hydrogen) atoms. The standard InChI is InChI=1S/C28H37N3O6.ClH/c1-2-34-28(33)10-7-19-36-26-9-4-3-8-24(26)31-16-14-30(15-17-31)13-5-6-18-35-22-11-12-25-23(20-22)29-27(32)21-37-25;/h3-4,8-9,11-12,20H,2,5-7,10,13-19,21H2,1H3,(H,29,32);1H. The van der Waals surface area contributed by atoms with Crippen LogP contribution in [0.25, 0.3) is 0 Å². The molecule has 1 N–H and O–H groups in total. The van der Waals surface area contributed by atoms with E-state index in [4.69, 9.17) is 18.9 Å². The van der Waals surface area contributed by atoms with Crippen molar-refractivity contribution in [1.82, 2.24) is 4.90 Å². The summed E-state index contributed by atoms with van der Waals surface area (Å²) in [4.78, 5) is 27.9. The number of piperazine rings is 1. The average Bonchev–Trinajstić information content (AvgIpc) is 2.91. The van der Waals surface area contributed by atoms with Crippen molar-refractivity contribution in [2.75, 3.05) is 69.4 Å². The number of benzene rings is 2. The third kappa shape index (κ3) is 8.70. The van der Waals surface area contributed by atoms with Crippen LogP contribution in [0.1, 0.15) is 32.6 Å². The zero-order chi connectivity index (χ0) is 25.9. The normalized spacial score (nSPS) is 15.0. The maximum atomic E-state index is 11.5. The van der Waals surface area contributed by atoms with Gasteiger partial charge in [-0.25, -0.2) is 0 Å². The van der Waals surface area contributed by atoms with Crippen molar-refractivity contribution >= 4 is 35.7 Å². The van der Waals surface area contributed by atoms with E-state index >= 15 is 0 Å². The van der Waals surface area contributed by atoms with Gasteiger partial charge in [0, 0.05) is 38.7 Å². The number of para-hydroxylation sites is 2. The molecule has 9 nitrogen and oxygen atoms in total. The maximum Gasteiger partial charge on any atom is 0.305 e. The minimum Gasteiger partial charge on any atom is -0.494 e. The molecule has 0 unspecified atom stereocenters. The molecule has 2 aliphatic rings. The number of nitrogens with zero attached hydrogens (tertiary/aromatic N) is 2. The van der Waals surface area contributed by atoms with Crippen LogP contribution in [0.2, 0.25) is 0 Å². The lowest BCUT2D eigenvalue weighted by Gasteiger charge is -2.36. The van der Waals surface area contributed by atoms with Gasteiger partial charge < -0.3 is 29.2 Å². The van der Waals surface area contributed by atoms with Crippen LogP contribution in [0.4, 0.5) is 11.4 Å². The third-order valence-corrected chi connectivity index (χ3v) is 6.39. The van der Waals surface area contributed by atoms with Gasteiger partial charge in [-0.1, -0.05) is 12.1 Å². The SMILES string of the molecule is CCOC(=O)CCCOc1ccccc1N1CCN(CCCCOc2ccc3c(c2)NC(=O)CO3)CC1.Cl. The fraction of sp³-hybridized carbons (Fsp3) is 0.500. The van der Waals surface area contributed by atoms with Gasteiger partial charge >= 0.3 is 5.97 Å². The third-order valence-electron chi connectivity index (χ3n) is 6.39. The molecule has 2 heterocycles. The summed E-state index contributed by atoms with van der Waals surface area (Å²) in [5.41, 5.74) is 1.77. The molecule has 2 aromatic rings. The average molecular weight is 548 g/mol. The number of rotatable bonds is 13. The van der Waals surface area contributed by atoms with Gasteiger partial charge in [0.15, 0.2) is 6.61 Å². The van der Waals surface area contributed by atoms with E-state index in [1.165, 1.54) is 0 Å². The second kappa shape index (κ2) is 15.3. The van der Waals surface area contributed by atoms with Crippen LogP contribution < -0.4 is 24.4 Å². The Kier molecular flexibility index (Phi) is 11.8. The summed E-state index contributed by atoms with van der Waals surface area (Å²) in [6.07, 6.45) is 3.04. The Morgan fingerprint density at radius 1 is 1.00 bits per heavy atom. The number of carbonyl (C=O) groups is 2. The van der Waals surface area contributed by atoms with Crippen LogP contribution in [0.15, 0.2) is 42.5 Å². The second-order valence-corrected chi connectivity index (χ2v) is 9.10. The maximum absolute atomic E-state index is 11.5. The molecular weight excluding hydrogens is 510 g/mol. The van der Waals surface area contributed by atoms with Crippen molar-refractivity contribution in [2.24, 2.45) is 0 Å². The predicted molar refractivity (Wildman–Crippen MR) is 149 cm³/mol. The molecule has 0 bridgehead atoms. The summed E-state index contributed by atoms with van der Waals surface area (Å²) in [5, 5.41) is 2.81. The van der Waals surface area contributed by atoms with Gasteiger partial charge in [0.1, 0.15) is 17.2 Å². The van der Waals surface area contributed by atoms with Gasteiger partial charge in [0.25, 0.3) is 5.91 Å². The summed E-state index contributed by atoms with van der Waals surface area (Å²) in [7, 11) is 0. The molecule has 10 heteroatoms. The molecule has 1 amide bonds. The molecule has 2 aromatic carbocycles. The van der Waals surface area contributed by atoms with Gasteiger partial charge in [-0.2, -0.15) is 0 Å². The van der Waals surface area contributed by atoms with Crippen LogP contribution in [0.3, 0.4) is 0 Å². The Hall–Kier alpha value is -3.17. The molecule has 0 atom stereocenters. The van der Waals surface area contributed by atoms with Crippen molar-refractivity contribution in [3.63, 3.8) is 0 Å².